The fourth-order valence-corrected chi connectivity index (χ4v) is 4.65. The summed E-state index contributed by atoms with van der Waals surface area (Å²) in [7, 11) is 0. The smallest absolute Gasteiger partial charge is 0.173 e. The molecule has 0 spiro atoms. The predicted octanol–water partition coefficient (Wildman–Crippen LogP) is 4.06. The van der Waals surface area contributed by atoms with Gasteiger partial charge in [-0.25, -0.2) is 23.4 Å². The van der Waals surface area contributed by atoms with Crippen LogP contribution >= 0.6 is 11.3 Å². The minimum absolute atomic E-state index is 0.119. The zero-order chi connectivity index (χ0) is 22.2. The van der Waals surface area contributed by atoms with E-state index in [1.54, 1.807) is 6.92 Å². The molecule has 4 heterocycles. The molecule has 3 aromatic heterocycles. The third kappa shape index (κ3) is 3.82. The van der Waals surface area contributed by atoms with Gasteiger partial charge in [-0.1, -0.05) is 0 Å². The topological polar surface area (TPSA) is 85.1 Å². The molecule has 1 unspecified atom stereocenters. The standard InChI is InChI=1S/C22H19F2N5O2S/c1-12(30)10-25-20-5-4-17-21(28-20)14-9-19(32-18(14)6-7-31-17)22-26-11-27-29(22)16-3-2-13(23)8-15(16)24/h2-5,8-9,11-12,30H,6-7,10H2,1H3,(H,25,28). The molecule has 1 aliphatic heterocycles. The number of ether oxygens (including phenoxy) is 1. The number of hydrogen-bond acceptors (Lipinski definition) is 7. The Kier molecular flexibility index (Phi) is 5.32. The summed E-state index contributed by atoms with van der Waals surface area (Å²) in [6.07, 6.45) is 1.52. The van der Waals surface area contributed by atoms with Crippen LogP contribution in [0.2, 0.25) is 0 Å². The fourth-order valence-electron chi connectivity index (χ4n) is 3.52. The van der Waals surface area contributed by atoms with Crippen molar-refractivity contribution in [2.75, 3.05) is 18.5 Å². The first-order valence-corrected chi connectivity index (χ1v) is 10.9. The number of pyridine rings is 1. The van der Waals surface area contributed by atoms with Crippen LogP contribution in [0.1, 0.15) is 11.8 Å². The molecule has 32 heavy (non-hydrogen) atoms. The number of fused-ring (bicyclic) bond motifs is 3. The molecular formula is C22H19F2N5O2S. The van der Waals surface area contributed by atoms with Crippen LogP contribution in [0.25, 0.3) is 27.6 Å². The number of thiophene rings is 1. The lowest BCUT2D eigenvalue weighted by molar-refractivity contribution is 0.208. The lowest BCUT2D eigenvalue weighted by Crippen LogP contribution is -2.16. The first-order valence-electron chi connectivity index (χ1n) is 10.0. The van der Waals surface area contributed by atoms with E-state index in [1.165, 1.54) is 34.5 Å². The Hall–Kier alpha value is -3.37. The van der Waals surface area contributed by atoms with E-state index in [4.69, 9.17) is 9.72 Å². The van der Waals surface area contributed by atoms with Crippen LogP contribution in [0.4, 0.5) is 14.6 Å². The van der Waals surface area contributed by atoms with Crippen molar-refractivity contribution in [3.8, 4) is 33.4 Å². The molecule has 2 N–H and O–H groups in total. The molecule has 0 amide bonds. The van der Waals surface area contributed by atoms with Crippen LogP contribution in [0.3, 0.4) is 0 Å². The molecule has 10 heteroatoms. The first kappa shape index (κ1) is 20.5. The third-order valence-electron chi connectivity index (χ3n) is 4.99. The van der Waals surface area contributed by atoms with E-state index >= 15 is 0 Å². The Labute approximate surface area is 186 Å². The van der Waals surface area contributed by atoms with Gasteiger partial charge in [-0.05, 0) is 37.3 Å². The highest BCUT2D eigenvalue weighted by atomic mass is 32.1. The van der Waals surface area contributed by atoms with E-state index in [9.17, 15) is 13.9 Å². The number of rotatable bonds is 5. The number of aliphatic hydroxyl groups is 1. The Bertz CT molecular complexity index is 1290. The number of anilines is 1. The molecule has 5 rings (SSSR count). The maximum atomic E-state index is 14.4. The molecule has 1 aromatic carbocycles. The van der Waals surface area contributed by atoms with Crippen molar-refractivity contribution in [1.82, 2.24) is 19.7 Å². The maximum Gasteiger partial charge on any atom is 0.173 e. The van der Waals surface area contributed by atoms with Gasteiger partial charge in [0, 0.05) is 29.5 Å². The van der Waals surface area contributed by atoms with Gasteiger partial charge in [0.05, 0.1) is 17.6 Å². The number of aliphatic hydroxyl groups excluding tert-OH is 1. The third-order valence-corrected chi connectivity index (χ3v) is 6.18. The van der Waals surface area contributed by atoms with Crippen LogP contribution in [0.5, 0.6) is 5.75 Å². The number of halogens is 2. The minimum atomic E-state index is -0.718. The summed E-state index contributed by atoms with van der Waals surface area (Å²) >= 11 is 1.51. The summed E-state index contributed by atoms with van der Waals surface area (Å²) in [5.41, 5.74) is 1.72. The molecule has 164 valence electrons. The molecule has 4 aromatic rings. The molecule has 0 saturated carbocycles. The van der Waals surface area contributed by atoms with E-state index in [0.29, 0.717) is 42.7 Å². The van der Waals surface area contributed by atoms with Crippen molar-refractivity contribution in [2.45, 2.75) is 19.4 Å². The number of benzene rings is 1. The van der Waals surface area contributed by atoms with Gasteiger partial charge in [0.2, 0.25) is 0 Å². The van der Waals surface area contributed by atoms with Crippen molar-refractivity contribution in [2.24, 2.45) is 0 Å². The van der Waals surface area contributed by atoms with Crippen molar-refractivity contribution < 1.29 is 18.6 Å². The average Bonchev–Trinajstić information content (AvgIpc) is 3.36. The first-order chi connectivity index (χ1) is 15.5. The van der Waals surface area contributed by atoms with Crippen molar-refractivity contribution >= 4 is 17.2 Å². The molecule has 1 aliphatic rings. The second kappa shape index (κ2) is 8.29. The van der Waals surface area contributed by atoms with E-state index in [2.05, 4.69) is 15.4 Å². The highest BCUT2D eigenvalue weighted by Gasteiger charge is 2.23. The zero-order valence-corrected chi connectivity index (χ0v) is 17.9. The number of nitrogens with one attached hydrogen (secondary N) is 1. The summed E-state index contributed by atoms with van der Waals surface area (Å²) in [5, 5.41) is 16.8. The van der Waals surface area contributed by atoms with Crippen LogP contribution < -0.4 is 10.1 Å². The minimum Gasteiger partial charge on any atom is -0.491 e. The molecule has 1 atom stereocenters. The Balaban J connectivity index is 1.56. The zero-order valence-electron chi connectivity index (χ0n) is 17.0. The van der Waals surface area contributed by atoms with Gasteiger partial charge in [0.1, 0.15) is 35.1 Å². The summed E-state index contributed by atoms with van der Waals surface area (Å²) in [4.78, 5) is 10.9. The summed E-state index contributed by atoms with van der Waals surface area (Å²) in [5.74, 6) is 0.383. The molecule has 7 nitrogen and oxygen atoms in total. The largest absolute Gasteiger partial charge is 0.491 e. The monoisotopic (exact) mass is 455 g/mol. The van der Waals surface area contributed by atoms with Crippen molar-refractivity contribution in [3.05, 3.63) is 59.2 Å². The summed E-state index contributed by atoms with van der Waals surface area (Å²) in [6, 6.07) is 8.96. The van der Waals surface area contributed by atoms with Crippen molar-refractivity contribution in [1.29, 1.82) is 0 Å². The normalized spacial score (nSPS) is 13.6. The van der Waals surface area contributed by atoms with E-state index in [0.717, 1.165) is 21.4 Å². The second-order valence-electron chi connectivity index (χ2n) is 7.41. The van der Waals surface area contributed by atoms with Gasteiger partial charge in [-0.15, -0.1) is 11.3 Å². The summed E-state index contributed by atoms with van der Waals surface area (Å²) in [6.45, 7) is 2.57. The van der Waals surface area contributed by atoms with E-state index in [1.807, 2.05) is 18.2 Å². The average molecular weight is 455 g/mol. The van der Waals surface area contributed by atoms with Gasteiger partial charge in [0.25, 0.3) is 0 Å². The lowest BCUT2D eigenvalue weighted by atomic mass is 10.1. The van der Waals surface area contributed by atoms with E-state index in [-0.39, 0.29) is 5.69 Å². The van der Waals surface area contributed by atoms with Crippen LogP contribution in [0.15, 0.2) is 42.7 Å². The SMILES string of the molecule is CC(O)CNc1ccc2c(n1)-c1cc(-c3ncnn3-c3ccc(F)cc3F)sc1CCO2. The van der Waals surface area contributed by atoms with Gasteiger partial charge in [-0.3, -0.25) is 0 Å². The second-order valence-corrected chi connectivity index (χ2v) is 8.55. The maximum absolute atomic E-state index is 14.4. The fraction of sp³-hybridized carbons (Fsp3) is 0.227. The molecule has 0 radical (unpaired) electrons. The van der Waals surface area contributed by atoms with Gasteiger partial charge >= 0.3 is 0 Å². The molecule has 0 aliphatic carbocycles. The quantitative estimate of drug-likeness (QED) is 0.472. The Morgan fingerprint density at radius 2 is 2.12 bits per heavy atom. The van der Waals surface area contributed by atoms with Gasteiger partial charge in [-0.2, -0.15) is 5.10 Å². The molecule has 0 saturated heterocycles. The molecule has 0 bridgehead atoms. The van der Waals surface area contributed by atoms with Gasteiger partial charge < -0.3 is 15.2 Å². The highest BCUT2D eigenvalue weighted by Crippen LogP contribution is 2.42. The summed E-state index contributed by atoms with van der Waals surface area (Å²) < 4.78 is 35.0. The molecular weight excluding hydrogens is 436 g/mol. The Morgan fingerprint density at radius 1 is 1.25 bits per heavy atom. The highest BCUT2D eigenvalue weighted by molar-refractivity contribution is 7.16. The van der Waals surface area contributed by atoms with E-state index < -0.39 is 17.7 Å². The number of hydrogen-bond donors (Lipinski definition) is 2. The van der Waals surface area contributed by atoms with Crippen molar-refractivity contribution in [3.63, 3.8) is 0 Å². The Morgan fingerprint density at radius 3 is 2.94 bits per heavy atom. The van der Waals surface area contributed by atoms with Crippen LogP contribution in [0, 0.1) is 11.6 Å². The van der Waals surface area contributed by atoms with Crippen LogP contribution in [-0.4, -0.2) is 44.1 Å². The lowest BCUT2D eigenvalue weighted by Gasteiger charge is -2.11. The van der Waals surface area contributed by atoms with Crippen LogP contribution in [-0.2, 0) is 6.42 Å². The predicted molar refractivity (Wildman–Crippen MR) is 117 cm³/mol. The number of aromatic nitrogens is 4. The number of nitrogens with zero attached hydrogens (tertiary/aromatic N) is 4. The van der Waals surface area contributed by atoms with Gasteiger partial charge in [0.15, 0.2) is 11.6 Å². The molecule has 0 fully saturated rings.